The molecule has 1 aliphatic heterocycles. The van der Waals surface area contributed by atoms with Gasteiger partial charge in [-0.25, -0.2) is 9.59 Å². The van der Waals surface area contributed by atoms with Crippen molar-refractivity contribution in [3.8, 4) is 0 Å². The van der Waals surface area contributed by atoms with Gasteiger partial charge < -0.3 is 24.8 Å². The smallest absolute Gasteiger partial charge is 0.338 e. The van der Waals surface area contributed by atoms with Crippen molar-refractivity contribution < 1.29 is 23.8 Å². The van der Waals surface area contributed by atoms with E-state index < -0.39 is 18.0 Å². The number of methoxy groups -OCH3 is 2. The number of benzene rings is 1. The molecule has 1 aliphatic rings. The van der Waals surface area contributed by atoms with Crippen molar-refractivity contribution in [1.29, 1.82) is 0 Å². The van der Waals surface area contributed by atoms with Crippen LogP contribution in [0.15, 0.2) is 35.5 Å². The second-order valence-corrected chi connectivity index (χ2v) is 5.72. The topological polar surface area (TPSA) is 85.9 Å². The molecular formula is C17H20N2O5S. The second-order valence-electron chi connectivity index (χ2n) is 5.31. The number of rotatable bonds is 6. The molecule has 2 N–H and O–H groups in total. The molecule has 1 heterocycles. The van der Waals surface area contributed by atoms with E-state index in [1.807, 2.05) is 0 Å². The van der Waals surface area contributed by atoms with E-state index in [4.69, 9.17) is 21.7 Å². The first kappa shape index (κ1) is 18.9. The minimum atomic E-state index is -0.476. The minimum absolute atomic E-state index is 0.157. The fourth-order valence-corrected chi connectivity index (χ4v) is 2.71. The predicted octanol–water partition coefficient (Wildman–Crippen LogP) is 1.46. The van der Waals surface area contributed by atoms with Crippen molar-refractivity contribution in [2.75, 3.05) is 27.4 Å². The Morgan fingerprint density at radius 3 is 2.40 bits per heavy atom. The van der Waals surface area contributed by atoms with Crippen LogP contribution in [0.3, 0.4) is 0 Å². The first-order valence-electron chi connectivity index (χ1n) is 7.60. The minimum Gasteiger partial charge on any atom is -0.465 e. The maximum atomic E-state index is 12.5. The molecule has 0 radical (unpaired) electrons. The van der Waals surface area contributed by atoms with Gasteiger partial charge in [-0.15, -0.1) is 0 Å². The lowest BCUT2D eigenvalue weighted by atomic mass is 9.95. The number of carbonyl (C=O) groups is 2. The summed E-state index contributed by atoms with van der Waals surface area (Å²) in [5.41, 5.74) is 2.24. The number of carbonyl (C=O) groups excluding carboxylic acids is 2. The molecule has 1 aromatic carbocycles. The van der Waals surface area contributed by atoms with Crippen LogP contribution >= 0.6 is 12.2 Å². The zero-order chi connectivity index (χ0) is 18.4. The first-order chi connectivity index (χ1) is 12.0. The van der Waals surface area contributed by atoms with Crippen molar-refractivity contribution in [2.24, 2.45) is 0 Å². The van der Waals surface area contributed by atoms with Gasteiger partial charge in [-0.2, -0.15) is 0 Å². The fraction of sp³-hybridized carbons (Fsp3) is 0.353. The molecule has 7 nitrogen and oxygen atoms in total. The summed E-state index contributed by atoms with van der Waals surface area (Å²) in [6, 6.07) is 6.28. The number of hydrogen-bond acceptors (Lipinski definition) is 6. The highest BCUT2D eigenvalue weighted by atomic mass is 32.1. The average Bonchev–Trinajstić information content (AvgIpc) is 2.60. The normalized spacial score (nSPS) is 16.8. The summed E-state index contributed by atoms with van der Waals surface area (Å²) in [5.74, 6) is -0.884. The van der Waals surface area contributed by atoms with Crippen LogP contribution in [-0.2, 0) is 19.0 Å². The quantitative estimate of drug-likeness (QED) is 0.446. The summed E-state index contributed by atoms with van der Waals surface area (Å²) in [5, 5.41) is 6.40. The van der Waals surface area contributed by atoms with Gasteiger partial charge in [0.15, 0.2) is 5.11 Å². The van der Waals surface area contributed by atoms with Crippen LogP contribution in [0.1, 0.15) is 28.9 Å². The monoisotopic (exact) mass is 364 g/mol. The molecule has 2 rings (SSSR count). The molecule has 25 heavy (non-hydrogen) atoms. The van der Waals surface area contributed by atoms with Crippen LogP contribution < -0.4 is 10.6 Å². The van der Waals surface area contributed by atoms with Gasteiger partial charge in [0, 0.05) is 12.8 Å². The number of ether oxygens (including phenoxy) is 3. The summed E-state index contributed by atoms with van der Waals surface area (Å²) >= 11 is 5.19. The van der Waals surface area contributed by atoms with Crippen LogP contribution in [-0.4, -0.2) is 44.5 Å². The summed E-state index contributed by atoms with van der Waals surface area (Å²) in [4.78, 5) is 24.0. The van der Waals surface area contributed by atoms with Gasteiger partial charge in [0.25, 0.3) is 0 Å². The fourth-order valence-electron chi connectivity index (χ4n) is 2.44. The molecule has 0 aromatic heterocycles. The Morgan fingerprint density at radius 2 is 1.80 bits per heavy atom. The Balaban J connectivity index is 2.29. The average molecular weight is 364 g/mol. The molecule has 0 bridgehead atoms. The van der Waals surface area contributed by atoms with Crippen LogP contribution in [0.4, 0.5) is 0 Å². The summed E-state index contributed by atoms with van der Waals surface area (Å²) in [6.45, 7) is 2.23. The van der Waals surface area contributed by atoms with Crippen molar-refractivity contribution in [3.05, 3.63) is 46.7 Å². The summed E-state index contributed by atoms with van der Waals surface area (Å²) in [6.07, 6.45) is 0. The molecule has 0 saturated heterocycles. The van der Waals surface area contributed by atoms with Crippen molar-refractivity contribution >= 4 is 29.3 Å². The Bertz CT molecular complexity index is 699. The standard InChI is InChI=1S/C17H20N2O5S/c1-10-13(16(21)24-9-8-22-2)14(19-17(25)18-10)11-4-6-12(7-5-11)15(20)23-3/h4-7,14H,8-9H2,1-3H3,(H2,18,19,25). The predicted molar refractivity (Wildman–Crippen MR) is 94.9 cm³/mol. The zero-order valence-corrected chi connectivity index (χ0v) is 15.1. The van der Waals surface area contributed by atoms with E-state index in [-0.39, 0.29) is 6.61 Å². The third-order valence-corrected chi connectivity index (χ3v) is 3.89. The highest BCUT2D eigenvalue weighted by molar-refractivity contribution is 7.80. The highest BCUT2D eigenvalue weighted by Crippen LogP contribution is 2.28. The lowest BCUT2D eigenvalue weighted by molar-refractivity contribution is -0.140. The third-order valence-electron chi connectivity index (χ3n) is 3.67. The third kappa shape index (κ3) is 4.55. The molecule has 0 fully saturated rings. The molecule has 0 amide bonds. The van der Waals surface area contributed by atoms with Crippen molar-refractivity contribution in [2.45, 2.75) is 13.0 Å². The first-order valence-corrected chi connectivity index (χ1v) is 8.01. The van der Waals surface area contributed by atoms with Gasteiger partial charge in [0.1, 0.15) is 6.61 Å². The van der Waals surface area contributed by atoms with Crippen LogP contribution in [0.2, 0.25) is 0 Å². The Labute approximate surface area is 151 Å². The summed E-state index contributed by atoms with van der Waals surface area (Å²) < 4.78 is 14.8. The number of esters is 2. The number of hydrogen-bond donors (Lipinski definition) is 2. The second kappa shape index (κ2) is 8.59. The SMILES string of the molecule is COCCOC(=O)C1=C(C)NC(=S)NC1c1ccc(C(=O)OC)cc1. The van der Waals surface area contributed by atoms with Gasteiger partial charge in [-0.3, -0.25) is 0 Å². The van der Waals surface area contributed by atoms with Gasteiger partial charge in [-0.1, -0.05) is 12.1 Å². The molecular weight excluding hydrogens is 344 g/mol. The van der Waals surface area contributed by atoms with E-state index in [9.17, 15) is 9.59 Å². The molecule has 1 atom stereocenters. The molecule has 8 heteroatoms. The van der Waals surface area contributed by atoms with E-state index >= 15 is 0 Å². The highest BCUT2D eigenvalue weighted by Gasteiger charge is 2.31. The van der Waals surface area contributed by atoms with E-state index in [0.717, 1.165) is 5.56 Å². The number of nitrogens with one attached hydrogen (secondary N) is 2. The largest absolute Gasteiger partial charge is 0.465 e. The van der Waals surface area contributed by atoms with Crippen LogP contribution in [0, 0.1) is 0 Å². The van der Waals surface area contributed by atoms with Gasteiger partial charge in [0.2, 0.25) is 0 Å². The molecule has 1 aromatic rings. The zero-order valence-electron chi connectivity index (χ0n) is 14.3. The lowest BCUT2D eigenvalue weighted by Gasteiger charge is -2.30. The maximum absolute atomic E-state index is 12.5. The Hall–Kier alpha value is -2.45. The van der Waals surface area contributed by atoms with Gasteiger partial charge in [-0.05, 0) is 36.8 Å². The van der Waals surface area contributed by atoms with E-state index in [0.29, 0.717) is 28.6 Å². The van der Waals surface area contributed by atoms with E-state index in [1.165, 1.54) is 14.2 Å². The Morgan fingerprint density at radius 1 is 1.12 bits per heavy atom. The van der Waals surface area contributed by atoms with E-state index in [2.05, 4.69) is 15.4 Å². The summed E-state index contributed by atoms with van der Waals surface area (Å²) in [7, 11) is 2.86. The lowest BCUT2D eigenvalue weighted by Crippen LogP contribution is -2.45. The van der Waals surface area contributed by atoms with Crippen molar-refractivity contribution in [1.82, 2.24) is 10.6 Å². The maximum Gasteiger partial charge on any atom is 0.338 e. The Kier molecular flexibility index (Phi) is 6.49. The molecule has 134 valence electrons. The van der Waals surface area contributed by atoms with E-state index in [1.54, 1.807) is 31.2 Å². The number of thiocarbonyl (C=S) groups is 1. The molecule has 0 spiro atoms. The van der Waals surface area contributed by atoms with Crippen LogP contribution in [0.25, 0.3) is 0 Å². The molecule has 1 unspecified atom stereocenters. The number of allylic oxidation sites excluding steroid dienone is 1. The van der Waals surface area contributed by atoms with Crippen molar-refractivity contribution in [3.63, 3.8) is 0 Å². The molecule has 0 aliphatic carbocycles. The van der Waals surface area contributed by atoms with Gasteiger partial charge in [0.05, 0.1) is 30.9 Å². The van der Waals surface area contributed by atoms with Gasteiger partial charge >= 0.3 is 11.9 Å². The molecule has 0 saturated carbocycles. The van der Waals surface area contributed by atoms with Crippen LogP contribution in [0.5, 0.6) is 0 Å².